The van der Waals surface area contributed by atoms with Crippen molar-refractivity contribution in [3.8, 4) is 5.75 Å². The Morgan fingerprint density at radius 2 is 2.24 bits per heavy atom. The van der Waals surface area contributed by atoms with Gasteiger partial charge in [0.25, 0.3) is 0 Å². The summed E-state index contributed by atoms with van der Waals surface area (Å²) in [5.74, 6) is 1.94. The molecule has 1 aliphatic rings. The van der Waals surface area contributed by atoms with E-state index in [2.05, 4.69) is 34.4 Å². The number of rotatable bonds is 6. The third-order valence-corrected chi connectivity index (χ3v) is 3.93. The number of hydrogen-bond donors (Lipinski definition) is 1. The molecule has 94 valence electrons. The van der Waals surface area contributed by atoms with Crippen LogP contribution in [0.5, 0.6) is 5.75 Å². The molecule has 0 aromatic heterocycles. The van der Waals surface area contributed by atoms with Crippen LogP contribution >= 0.6 is 15.9 Å². The molecule has 1 saturated carbocycles. The molecule has 1 N–H and O–H groups in total. The maximum atomic E-state index is 5.42. The van der Waals surface area contributed by atoms with E-state index < -0.39 is 0 Å². The topological polar surface area (TPSA) is 21.3 Å². The van der Waals surface area contributed by atoms with Crippen molar-refractivity contribution in [1.29, 1.82) is 0 Å². The van der Waals surface area contributed by atoms with Crippen LogP contribution in [-0.2, 0) is 6.42 Å². The first-order valence-corrected chi connectivity index (χ1v) is 7.02. The highest BCUT2D eigenvalue weighted by molar-refractivity contribution is 9.10. The SMILES string of the molecule is CNC(Cc1cc(Br)ccc1OC)CC1CC1. The predicted octanol–water partition coefficient (Wildman–Crippen LogP) is 3.39. The van der Waals surface area contributed by atoms with Gasteiger partial charge in [-0.1, -0.05) is 28.8 Å². The third-order valence-electron chi connectivity index (χ3n) is 3.43. The van der Waals surface area contributed by atoms with E-state index in [1.165, 1.54) is 24.8 Å². The summed E-state index contributed by atoms with van der Waals surface area (Å²) >= 11 is 3.52. The van der Waals surface area contributed by atoms with Gasteiger partial charge >= 0.3 is 0 Å². The molecule has 1 aromatic carbocycles. The van der Waals surface area contributed by atoms with Crippen molar-refractivity contribution in [2.24, 2.45) is 5.92 Å². The Balaban J connectivity index is 2.06. The lowest BCUT2D eigenvalue weighted by Gasteiger charge is -2.18. The fraction of sp³-hybridized carbons (Fsp3) is 0.571. The summed E-state index contributed by atoms with van der Waals surface area (Å²) in [6, 6.07) is 6.78. The largest absolute Gasteiger partial charge is 0.496 e. The van der Waals surface area contributed by atoms with Crippen LogP contribution in [0.2, 0.25) is 0 Å². The van der Waals surface area contributed by atoms with E-state index in [0.29, 0.717) is 6.04 Å². The highest BCUT2D eigenvalue weighted by atomic mass is 79.9. The average molecular weight is 298 g/mol. The molecule has 0 amide bonds. The number of methoxy groups -OCH3 is 1. The Morgan fingerprint density at radius 1 is 1.47 bits per heavy atom. The van der Waals surface area contributed by atoms with Crippen molar-refractivity contribution in [2.45, 2.75) is 31.7 Å². The number of halogens is 1. The maximum absolute atomic E-state index is 5.42. The van der Waals surface area contributed by atoms with Crippen LogP contribution in [0.25, 0.3) is 0 Å². The second-order valence-electron chi connectivity index (χ2n) is 4.82. The quantitative estimate of drug-likeness (QED) is 0.869. The lowest BCUT2D eigenvalue weighted by Crippen LogP contribution is -2.28. The average Bonchev–Trinajstić information content (AvgIpc) is 3.12. The number of benzene rings is 1. The summed E-state index contributed by atoms with van der Waals surface area (Å²) in [4.78, 5) is 0. The van der Waals surface area contributed by atoms with Crippen LogP contribution in [0.15, 0.2) is 22.7 Å². The summed E-state index contributed by atoms with van der Waals surface area (Å²) in [7, 11) is 3.79. The Labute approximate surface area is 112 Å². The van der Waals surface area contributed by atoms with Gasteiger partial charge in [-0.2, -0.15) is 0 Å². The van der Waals surface area contributed by atoms with Crippen LogP contribution < -0.4 is 10.1 Å². The van der Waals surface area contributed by atoms with Gasteiger partial charge < -0.3 is 10.1 Å². The van der Waals surface area contributed by atoms with Crippen LogP contribution in [0.3, 0.4) is 0 Å². The molecule has 2 nitrogen and oxygen atoms in total. The molecule has 2 rings (SSSR count). The molecule has 1 atom stereocenters. The minimum absolute atomic E-state index is 0.561. The van der Waals surface area contributed by atoms with E-state index in [1.54, 1.807) is 7.11 Å². The van der Waals surface area contributed by atoms with Crippen LogP contribution in [0, 0.1) is 5.92 Å². The highest BCUT2D eigenvalue weighted by Crippen LogP contribution is 2.34. The van der Waals surface area contributed by atoms with Gasteiger partial charge in [-0.05, 0) is 49.6 Å². The molecule has 1 fully saturated rings. The van der Waals surface area contributed by atoms with E-state index in [9.17, 15) is 0 Å². The zero-order valence-electron chi connectivity index (χ0n) is 10.5. The molecule has 0 heterocycles. The molecule has 1 aromatic rings. The summed E-state index contributed by atoms with van der Waals surface area (Å²) < 4.78 is 6.54. The Kier molecular flexibility index (Phi) is 4.46. The van der Waals surface area contributed by atoms with E-state index in [4.69, 9.17) is 4.74 Å². The number of ether oxygens (including phenoxy) is 1. The predicted molar refractivity (Wildman–Crippen MR) is 74.6 cm³/mol. The molecular formula is C14H20BrNO. The highest BCUT2D eigenvalue weighted by Gasteiger charge is 2.25. The molecule has 0 bridgehead atoms. The maximum Gasteiger partial charge on any atom is 0.122 e. The van der Waals surface area contributed by atoms with Gasteiger partial charge in [0, 0.05) is 10.5 Å². The smallest absolute Gasteiger partial charge is 0.122 e. The fourth-order valence-corrected chi connectivity index (χ4v) is 2.64. The summed E-state index contributed by atoms with van der Waals surface area (Å²) in [5.41, 5.74) is 1.28. The summed E-state index contributed by atoms with van der Waals surface area (Å²) in [6.45, 7) is 0. The molecule has 17 heavy (non-hydrogen) atoms. The van der Waals surface area contributed by atoms with Crippen molar-refractivity contribution in [2.75, 3.05) is 14.2 Å². The Bertz CT molecular complexity index is 376. The molecular weight excluding hydrogens is 278 g/mol. The van der Waals surface area contributed by atoms with E-state index in [1.807, 2.05) is 12.1 Å². The van der Waals surface area contributed by atoms with Crippen molar-refractivity contribution >= 4 is 15.9 Å². The number of likely N-dealkylation sites (N-methyl/N-ethyl adjacent to an activating group) is 1. The summed E-state index contributed by atoms with van der Waals surface area (Å²) in [6.07, 6.45) is 5.14. The number of nitrogens with one attached hydrogen (secondary N) is 1. The molecule has 1 unspecified atom stereocenters. The van der Waals surface area contributed by atoms with Crippen molar-refractivity contribution in [3.63, 3.8) is 0 Å². The second-order valence-corrected chi connectivity index (χ2v) is 5.74. The standard InChI is InChI=1S/C14H20BrNO/c1-16-13(7-10-3-4-10)9-11-8-12(15)5-6-14(11)17-2/h5-6,8,10,13,16H,3-4,7,9H2,1-2H3. The fourth-order valence-electron chi connectivity index (χ4n) is 2.23. The van der Waals surface area contributed by atoms with Gasteiger partial charge in [-0.3, -0.25) is 0 Å². The van der Waals surface area contributed by atoms with Crippen LogP contribution in [0.1, 0.15) is 24.8 Å². The first-order chi connectivity index (χ1) is 8.22. The lowest BCUT2D eigenvalue weighted by molar-refractivity contribution is 0.403. The van der Waals surface area contributed by atoms with E-state index in [0.717, 1.165) is 22.6 Å². The van der Waals surface area contributed by atoms with Gasteiger partial charge in [-0.25, -0.2) is 0 Å². The zero-order chi connectivity index (χ0) is 12.3. The van der Waals surface area contributed by atoms with Gasteiger partial charge in [0.2, 0.25) is 0 Å². The van der Waals surface area contributed by atoms with Gasteiger partial charge in [0.1, 0.15) is 5.75 Å². The first kappa shape index (κ1) is 12.9. The van der Waals surface area contributed by atoms with Crippen LogP contribution in [-0.4, -0.2) is 20.2 Å². The van der Waals surface area contributed by atoms with Gasteiger partial charge in [-0.15, -0.1) is 0 Å². The minimum Gasteiger partial charge on any atom is -0.496 e. The number of hydrogen-bond acceptors (Lipinski definition) is 2. The second kappa shape index (κ2) is 5.87. The molecule has 3 heteroatoms. The van der Waals surface area contributed by atoms with E-state index >= 15 is 0 Å². The van der Waals surface area contributed by atoms with Gasteiger partial charge in [0.15, 0.2) is 0 Å². The zero-order valence-corrected chi connectivity index (χ0v) is 12.1. The minimum atomic E-state index is 0.561. The Morgan fingerprint density at radius 3 is 2.82 bits per heavy atom. The van der Waals surface area contributed by atoms with E-state index in [-0.39, 0.29) is 0 Å². The van der Waals surface area contributed by atoms with Crippen molar-refractivity contribution < 1.29 is 4.74 Å². The van der Waals surface area contributed by atoms with Crippen molar-refractivity contribution in [1.82, 2.24) is 5.32 Å². The van der Waals surface area contributed by atoms with Crippen molar-refractivity contribution in [3.05, 3.63) is 28.2 Å². The van der Waals surface area contributed by atoms with Crippen LogP contribution in [0.4, 0.5) is 0 Å². The molecule has 0 radical (unpaired) electrons. The summed E-state index contributed by atoms with van der Waals surface area (Å²) in [5, 5.41) is 3.42. The Hall–Kier alpha value is -0.540. The monoisotopic (exact) mass is 297 g/mol. The lowest BCUT2D eigenvalue weighted by atomic mass is 10.0. The molecule has 0 aliphatic heterocycles. The molecule has 0 spiro atoms. The normalized spacial score (nSPS) is 16.9. The van der Waals surface area contributed by atoms with Gasteiger partial charge in [0.05, 0.1) is 7.11 Å². The molecule has 1 aliphatic carbocycles. The third kappa shape index (κ3) is 3.71. The first-order valence-electron chi connectivity index (χ1n) is 6.22. The molecule has 0 saturated heterocycles.